The van der Waals surface area contributed by atoms with Crippen LogP contribution in [0.25, 0.3) is 5.52 Å². The molecular formula is C7H6N3. The van der Waals surface area contributed by atoms with E-state index in [0.717, 1.165) is 11.2 Å². The highest BCUT2D eigenvalue weighted by atomic mass is 15.2. The van der Waals surface area contributed by atoms with Gasteiger partial charge < -0.3 is 0 Å². The number of nitrogens with zero attached hydrogens (tertiary/aromatic N) is 3. The minimum absolute atomic E-state index is 1.00. The molecule has 0 aliphatic heterocycles. The van der Waals surface area contributed by atoms with Gasteiger partial charge in [-0.25, -0.2) is 9.50 Å². The van der Waals surface area contributed by atoms with E-state index < -0.39 is 0 Å². The lowest BCUT2D eigenvalue weighted by Crippen LogP contribution is -1.89. The van der Waals surface area contributed by atoms with Crippen LogP contribution in [0.1, 0.15) is 5.69 Å². The van der Waals surface area contributed by atoms with Gasteiger partial charge in [-0.05, 0) is 19.1 Å². The van der Waals surface area contributed by atoms with Gasteiger partial charge in [-0.1, -0.05) is 0 Å². The van der Waals surface area contributed by atoms with Gasteiger partial charge in [0.25, 0.3) is 0 Å². The van der Waals surface area contributed by atoms with Crippen LogP contribution in [-0.4, -0.2) is 14.6 Å². The van der Waals surface area contributed by atoms with Gasteiger partial charge in [-0.15, -0.1) is 0 Å². The Morgan fingerprint density at radius 3 is 3.40 bits per heavy atom. The molecule has 2 aromatic rings. The van der Waals surface area contributed by atoms with Crippen LogP contribution in [-0.2, 0) is 0 Å². The average Bonchev–Trinajstić information content (AvgIpc) is 2.33. The largest absolute Gasteiger partial charge is 0.242 e. The first-order chi connectivity index (χ1) is 4.86. The SMILES string of the molecule is Cc1cc2c[c]nn2cn1. The Morgan fingerprint density at radius 2 is 2.50 bits per heavy atom. The number of hydrogen-bond donors (Lipinski definition) is 0. The summed E-state index contributed by atoms with van der Waals surface area (Å²) in [5.41, 5.74) is 2.04. The highest BCUT2D eigenvalue weighted by molar-refractivity contribution is 5.44. The van der Waals surface area contributed by atoms with Crippen LogP contribution in [0.15, 0.2) is 18.5 Å². The molecule has 10 heavy (non-hydrogen) atoms. The maximum Gasteiger partial charge on any atom is 0.117 e. The van der Waals surface area contributed by atoms with Gasteiger partial charge in [0.05, 0.1) is 5.52 Å². The summed E-state index contributed by atoms with van der Waals surface area (Å²) < 4.78 is 1.69. The molecule has 0 saturated carbocycles. The quantitative estimate of drug-likeness (QED) is 0.531. The Bertz CT molecular complexity index is 350. The third kappa shape index (κ3) is 0.673. The van der Waals surface area contributed by atoms with Crippen LogP contribution >= 0.6 is 0 Å². The van der Waals surface area contributed by atoms with Gasteiger partial charge >= 0.3 is 0 Å². The normalized spacial score (nSPS) is 10.5. The molecule has 0 bridgehead atoms. The Kier molecular flexibility index (Phi) is 0.974. The van der Waals surface area contributed by atoms with E-state index in [-0.39, 0.29) is 0 Å². The van der Waals surface area contributed by atoms with Crippen molar-refractivity contribution in [3.05, 3.63) is 30.4 Å². The van der Waals surface area contributed by atoms with Crippen LogP contribution in [0.4, 0.5) is 0 Å². The second-order valence-corrected chi connectivity index (χ2v) is 2.17. The fourth-order valence-corrected chi connectivity index (χ4v) is 0.878. The second kappa shape index (κ2) is 1.80. The molecule has 0 N–H and O–H groups in total. The van der Waals surface area contributed by atoms with E-state index in [4.69, 9.17) is 0 Å². The Balaban J connectivity index is 2.86. The monoisotopic (exact) mass is 132 g/mol. The zero-order valence-corrected chi connectivity index (χ0v) is 5.57. The predicted molar refractivity (Wildman–Crippen MR) is 36.6 cm³/mol. The summed E-state index contributed by atoms with van der Waals surface area (Å²) in [5.74, 6) is 0. The summed E-state index contributed by atoms with van der Waals surface area (Å²) in [6.07, 6.45) is 4.42. The molecule has 2 rings (SSSR count). The van der Waals surface area contributed by atoms with E-state index >= 15 is 0 Å². The summed E-state index contributed by atoms with van der Waals surface area (Å²) in [5, 5.41) is 3.89. The van der Waals surface area contributed by atoms with Crippen molar-refractivity contribution < 1.29 is 0 Å². The minimum atomic E-state index is 1.00. The van der Waals surface area contributed by atoms with Gasteiger partial charge in [0.15, 0.2) is 0 Å². The van der Waals surface area contributed by atoms with E-state index in [1.807, 2.05) is 19.1 Å². The lowest BCUT2D eigenvalue weighted by atomic mass is 10.4. The second-order valence-electron chi connectivity index (χ2n) is 2.17. The van der Waals surface area contributed by atoms with Crippen molar-refractivity contribution in [1.29, 1.82) is 0 Å². The van der Waals surface area contributed by atoms with Crippen molar-refractivity contribution in [3.63, 3.8) is 0 Å². The van der Waals surface area contributed by atoms with Gasteiger partial charge in [0.2, 0.25) is 0 Å². The number of hydrogen-bond acceptors (Lipinski definition) is 2. The summed E-state index contributed by atoms with van der Waals surface area (Å²) in [6.45, 7) is 1.95. The van der Waals surface area contributed by atoms with E-state index in [0.29, 0.717) is 0 Å². The van der Waals surface area contributed by atoms with Crippen molar-refractivity contribution in [2.45, 2.75) is 6.92 Å². The highest BCUT2D eigenvalue weighted by Crippen LogP contribution is 2.00. The first-order valence-electron chi connectivity index (χ1n) is 3.04. The summed E-state index contributed by atoms with van der Waals surface area (Å²) in [7, 11) is 0. The Hall–Kier alpha value is -1.38. The molecule has 3 heteroatoms. The molecule has 0 aromatic carbocycles. The zero-order chi connectivity index (χ0) is 6.97. The van der Waals surface area contributed by atoms with Crippen molar-refractivity contribution in [3.8, 4) is 0 Å². The minimum Gasteiger partial charge on any atom is -0.242 e. The molecular weight excluding hydrogens is 126 g/mol. The fourth-order valence-electron chi connectivity index (χ4n) is 0.878. The van der Waals surface area contributed by atoms with E-state index in [9.17, 15) is 0 Å². The molecule has 1 radical (unpaired) electrons. The fraction of sp³-hybridized carbons (Fsp3) is 0.143. The lowest BCUT2D eigenvalue weighted by Gasteiger charge is -1.91. The highest BCUT2D eigenvalue weighted by Gasteiger charge is 1.91. The van der Waals surface area contributed by atoms with Crippen molar-refractivity contribution in [2.24, 2.45) is 0 Å². The number of fused-ring (bicyclic) bond motifs is 1. The number of aryl methyl sites for hydroxylation is 1. The van der Waals surface area contributed by atoms with Gasteiger partial charge in [-0.3, -0.25) is 0 Å². The molecule has 0 amide bonds. The van der Waals surface area contributed by atoms with Crippen molar-refractivity contribution in [1.82, 2.24) is 14.6 Å². The Labute approximate surface area is 58.3 Å². The zero-order valence-electron chi connectivity index (χ0n) is 5.57. The predicted octanol–water partition coefficient (Wildman–Crippen LogP) is 0.838. The third-order valence-corrected chi connectivity index (χ3v) is 1.37. The van der Waals surface area contributed by atoms with Crippen LogP contribution in [0.2, 0.25) is 0 Å². The van der Waals surface area contributed by atoms with Crippen LogP contribution in [0, 0.1) is 13.1 Å². The van der Waals surface area contributed by atoms with Crippen LogP contribution in [0.5, 0.6) is 0 Å². The molecule has 0 saturated heterocycles. The number of aromatic nitrogens is 3. The Morgan fingerprint density at radius 1 is 1.60 bits per heavy atom. The van der Waals surface area contributed by atoms with Crippen molar-refractivity contribution >= 4 is 5.52 Å². The summed E-state index contributed by atoms with van der Waals surface area (Å²) >= 11 is 0. The molecule has 0 aliphatic rings. The molecule has 0 aliphatic carbocycles. The first-order valence-corrected chi connectivity index (χ1v) is 3.04. The number of rotatable bonds is 0. The van der Waals surface area contributed by atoms with Gasteiger partial charge in [0, 0.05) is 5.69 Å². The molecule has 0 atom stereocenters. The summed E-state index contributed by atoms with van der Waals surface area (Å²) in [4.78, 5) is 4.06. The molecule has 49 valence electrons. The van der Waals surface area contributed by atoms with Crippen LogP contribution in [0.3, 0.4) is 0 Å². The molecule has 2 aromatic heterocycles. The van der Waals surface area contributed by atoms with Crippen LogP contribution < -0.4 is 0 Å². The first kappa shape index (κ1) is 5.41. The van der Waals surface area contributed by atoms with E-state index in [1.54, 1.807) is 10.8 Å². The summed E-state index contributed by atoms with van der Waals surface area (Å²) in [6, 6.07) is 3.79. The molecule has 0 unspecified atom stereocenters. The van der Waals surface area contributed by atoms with E-state index in [2.05, 4.69) is 16.3 Å². The van der Waals surface area contributed by atoms with Crippen molar-refractivity contribution in [2.75, 3.05) is 0 Å². The standard InChI is InChI=1S/C7H6N3/c1-6-4-7-2-3-9-10(7)5-8-6/h2,4-5H,1H3. The molecule has 0 fully saturated rings. The maximum atomic E-state index is 4.06. The smallest absolute Gasteiger partial charge is 0.117 e. The van der Waals surface area contributed by atoms with E-state index in [1.165, 1.54) is 0 Å². The average molecular weight is 132 g/mol. The topological polar surface area (TPSA) is 30.2 Å². The third-order valence-electron chi connectivity index (χ3n) is 1.37. The van der Waals surface area contributed by atoms with Gasteiger partial charge in [-0.2, -0.15) is 5.10 Å². The molecule has 0 spiro atoms. The van der Waals surface area contributed by atoms with Gasteiger partial charge in [0.1, 0.15) is 12.5 Å². The molecule has 3 nitrogen and oxygen atoms in total. The lowest BCUT2D eigenvalue weighted by molar-refractivity contribution is 0.906. The maximum absolute atomic E-state index is 4.06. The molecule has 2 heterocycles.